The fraction of sp³-hybridized carbons (Fsp3) is 0.364. The van der Waals surface area contributed by atoms with Crippen LogP contribution in [-0.4, -0.2) is 30.3 Å². The topological polar surface area (TPSA) is 93.4 Å². The van der Waals surface area contributed by atoms with Crippen molar-refractivity contribution in [2.45, 2.75) is 44.6 Å². The number of sulfone groups is 1. The lowest BCUT2D eigenvalue weighted by atomic mass is 9.78. The Hall–Kier alpha value is -2.67. The molecule has 4 rings (SSSR count). The van der Waals surface area contributed by atoms with Crippen LogP contribution >= 0.6 is 0 Å². The zero-order valence-corrected chi connectivity index (χ0v) is 17.6. The number of allylic oxidation sites excluding steroid dienone is 2. The largest absolute Gasteiger partial charge is 0.477 e. The van der Waals surface area contributed by atoms with Gasteiger partial charge < -0.3 is 9.67 Å². The summed E-state index contributed by atoms with van der Waals surface area (Å²) in [6.07, 6.45) is 3.71. The molecule has 2 aliphatic rings. The van der Waals surface area contributed by atoms with Crippen molar-refractivity contribution in [1.82, 2.24) is 4.57 Å². The highest BCUT2D eigenvalue weighted by Crippen LogP contribution is 2.51. The molecule has 1 aliphatic carbocycles. The predicted molar refractivity (Wildman–Crippen MR) is 111 cm³/mol. The van der Waals surface area contributed by atoms with Crippen LogP contribution in [0.15, 0.2) is 40.2 Å². The number of fused-ring (bicyclic) bond motifs is 4. The standard InChI is InChI=1S/C22H23NO5S/c1-22(2,3)20-9-13-12-6-5-7-19(29(4,27)28)15(12)8-14(13)17-10-18(24)16(21(25)26)11-23(17)20/h5-7,10-11,20H,8-9H2,1-4H3,(H,25,26)/t20-/m0/s1. The van der Waals surface area contributed by atoms with Gasteiger partial charge in [0.25, 0.3) is 0 Å². The first-order chi connectivity index (χ1) is 13.4. The summed E-state index contributed by atoms with van der Waals surface area (Å²) < 4.78 is 26.5. The Bertz CT molecular complexity index is 1260. The number of aromatic nitrogens is 1. The Balaban J connectivity index is 2.00. The van der Waals surface area contributed by atoms with E-state index in [1.165, 1.54) is 18.5 Å². The molecular formula is C22H23NO5S. The number of carboxylic acids is 1. The van der Waals surface area contributed by atoms with Gasteiger partial charge in [-0.2, -0.15) is 0 Å². The number of carbonyl (C=O) groups is 1. The molecule has 6 nitrogen and oxygen atoms in total. The second kappa shape index (κ2) is 6.16. The molecule has 0 spiro atoms. The van der Waals surface area contributed by atoms with Gasteiger partial charge in [-0.3, -0.25) is 4.79 Å². The molecule has 0 saturated carbocycles. The van der Waals surface area contributed by atoms with Crippen molar-refractivity contribution in [2.24, 2.45) is 5.41 Å². The second-order valence-electron chi connectivity index (χ2n) is 8.92. The highest BCUT2D eigenvalue weighted by Gasteiger charge is 2.38. The summed E-state index contributed by atoms with van der Waals surface area (Å²) in [5, 5.41) is 9.42. The summed E-state index contributed by atoms with van der Waals surface area (Å²) in [7, 11) is -3.39. The Morgan fingerprint density at radius 3 is 2.48 bits per heavy atom. The van der Waals surface area contributed by atoms with Crippen molar-refractivity contribution < 1.29 is 18.3 Å². The van der Waals surface area contributed by atoms with Crippen molar-refractivity contribution in [1.29, 1.82) is 0 Å². The Morgan fingerprint density at radius 1 is 1.21 bits per heavy atom. The molecule has 0 radical (unpaired) electrons. The van der Waals surface area contributed by atoms with E-state index in [0.717, 1.165) is 22.3 Å². The molecule has 2 heterocycles. The molecule has 1 N–H and O–H groups in total. The van der Waals surface area contributed by atoms with Crippen molar-refractivity contribution in [3.63, 3.8) is 0 Å². The minimum atomic E-state index is -3.39. The Labute approximate surface area is 169 Å². The van der Waals surface area contributed by atoms with Gasteiger partial charge in [0.2, 0.25) is 0 Å². The number of nitrogens with zero attached hydrogens (tertiary/aromatic N) is 1. The molecular weight excluding hydrogens is 390 g/mol. The summed E-state index contributed by atoms with van der Waals surface area (Å²) in [5.74, 6) is -1.24. The first kappa shape index (κ1) is 19.6. The van der Waals surface area contributed by atoms with Gasteiger partial charge in [0, 0.05) is 36.7 Å². The molecule has 0 amide bonds. The maximum Gasteiger partial charge on any atom is 0.341 e. The minimum absolute atomic E-state index is 0.0669. The summed E-state index contributed by atoms with van der Waals surface area (Å²) in [6.45, 7) is 6.23. The number of hydrogen-bond acceptors (Lipinski definition) is 4. The fourth-order valence-corrected chi connectivity index (χ4v) is 5.48. The molecule has 0 bridgehead atoms. The van der Waals surface area contributed by atoms with Gasteiger partial charge in [0.15, 0.2) is 15.3 Å². The van der Waals surface area contributed by atoms with Crippen molar-refractivity contribution in [3.8, 4) is 0 Å². The Kier molecular flexibility index (Phi) is 4.17. The first-order valence-corrected chi connectivity index (χ1v) is 11.3. The quantitative estimate of drug-likeness (QED) is 0.814. The van der Waals surface area contributed by atoms with E-state index in [9.17, 15) is 23.1 Å². The predicted octanol–water partition coefficient (Wildman–Crippen LogP) is 3.41. The number of benzene rings is 1. The van der Waals surface area contributed by atoms with Crippen molar-refractivity contribution in [2.75, 3.05) is 6.26 Å². The molecule has 1 aromatic heterocycles. The molecule has 29 heavy (non-hydrogen) atoms. The summed E-state index contributed by atoms with van der Waals surface area (Å²) >= 11 is 0. The van der Waals surface area contributed by atoms with Crippen LogP contribution in [0.3, 0.4) is 0 Å². The van der Waals surface area contributed by atoms with Crippen molar-refractivity contribution in [3.05, 3.63) is 63.1 Å². The number of carboxylic acid groups (broad SMARTS) is 1. The van der Waals surface area contributed by atoms with Crippen LogP contribution < -0.4 is 5.43 Å². The number of hydrogen-bond donors (Lipinski definition) is 1. The van der Waals surface area contributed by atoms with E-state index in [2.05, 4.69) is 20.8 Å². The van der Waals surface area contributed by atoms with Gasteiger partial charge in [-0.25, -0.2) is 13.2 Å². The maximum atomic E-state index is 12.5. The van der Waals surface area contributed by atoms with Crippen LogP contribution in [0.2, 0.25) is 0 Å². The zero-order chi connectivity index (χ0) is 21.3. The average Bonchev–Trinajstić information content (AvgIpc) is 2.97. The van der Waals surface area contributed by atoms with Gasteiger partial charge in [-0.15, -0.1) is 0 Å². The lowest BCUT2D eigenvalue weighted by Gasteiger charge is -2.39. The number of aromatic carboxylic acids is 1. The maximum absolute atomic E-state index is 12.5. The van der Waals surface area contributed by atoms with Crippen LogP contribution in [0, 0.1) is 5.41 Å². The van der Waals surface area contributed by atoms with Gasteiger partial charge in [-0.1, -0.05) is 32.9 Å². The van der Waals surface area contributed by atoms with Gasteiger partial charge in [0.1, 0.15) is 5.56 Å². The highest BCUT2D eigenvalue weighted by molar-refractivity contribution is 7.90. The molecule has 7 heteroatoms. The van der Waals surface area contributed by atoms with Crippen LogP contribution in [0.5, 0.6) is 0 Å². The summed E-state index contributed by atoms with van der Waals surface area (Å²) in [6, 6.07) is 6.64. The second-order valence-corrected chi connectivity index (χ2v) is 10.9. The van der Waals surface area contributed by atoms with E-state index in [1.807, 2.05) is 10.6 Å². The van der Waals surface area contributed by atoms with Gasteiger partial charge in [0.05, 0.1) is 4.90 Å². The van der Waals surface area contributed by atoms with E-state index >= 15 is 0 Å². The van der Waals surface area contributed by atoms with Crippen LogP contribution in [-0.2, 0) is 16.3 Å². The van der Waals surface area contributed by atoms with Crippen LogP contribution in [0.25, 0.3) is 11.1 Å². The minimum Gasteiger partial charge on any atom is -0.477 e. The summed E-state index contributed by atoms with van der Waals surface area (Å²) in [5.41, 5.74) is 3.32. The van der Waals surface area contributed by atoms with E-state index in [-0.39, 0.29) is 17.0 Å². The molecule has 1 aliphatic heterocycles. The zero-order valence-electron chi connectivity index (χ0n) is 16.8. The number of pyridine rings is 1. The van der Waals surface area contributed by atoms with E-state index in [1.54, 1.807) is 12.1 Å². The third-order valence-corrected chi connectivity index (χ3v) is 7.11. The van der Waals surface area contributed by atoms with Gasteiger partial charge >= 0.3 is 5.97 Å². The molecule has 152 valence electrons. The molecule has 1 atom stereocenters. The highest BCUT2D eigenvalue weighted by atomic mass is 32.2. The molecule has 1 aromatic carbocycles. The normalized spacial score (nSPS) is 18.3. The summed E-state index contributed by atoms with van der Waals surface area (Å²) in [4.78, 5) is 24.3. The lowest BCUT2D eigenvalue weighted by Crippen LogP contribution is -2.32. The molecule has 0 saturated heterocycles. The molecule has 2 aromatic rings. The lowest BCUT2D eigenvalue weighted by molar-refractivity contribution is 0.0693. The molecule has 0 fully saturated rings. The Morgan fingerprint density at radius 2 is 1.90 bits per heavy atom. The first-order valence-electron chi connectivity index (χ1n) is 9.44. The smallest absolute Gasteiger partial charge is 0.341 e. The number of rotatable bonds is 2. The molecule has 0 unspecified atom stereocenters. The van der Waals surface area contributed by atoms with Crippen LogP contribution in [0.1, 0.15) is 60.4 Å². The average molecular weight is 413 g/mol. The third kappa shape index (κ3) is 3.04. The van der Waals surface area contributed by atoms with Crippen LogP contribution in [0.4, 0.5) is 0 Å². The van der Waals surface area contributed by atoms with Gasteiger partial charge in [-0.05, 0) is 40.2 Å². The van der Waals surface area contributed by atoms with E-state index in [4.69, 9.17) is 0 Å². The third-order valence-electron chi connectivity index (χ3n) is 5.93. The van der Waals surface area contributed by atoms with E-state index < -0.39 is 21.2 Å². The van der Waals surface area contributed by atoms with E-state index in [0.29, 0.717) is 23.4 Å². The monoisotopic (exact) mass is 413 g/mol. The fourth-order valence-electron chi connectivity index (χ4n) is 4.53. The van der Waals surface area contributed by atoms with Crippen molar-refractivity contribution >= 4 is 27.0 Å². The SMILES string of the molecule is CC(C)(C)[C@@H]1CC2=C(Cc3c2cccc3S(C)(=O)=O)c2cc(=O)c(C(=O)O)cn21.